The lowest BCUT2D eigenvalue weighted by Crippen LogP contribution is -1.92. The molecule has 0 fully saturated rings. The van der Waals surface area contributed by atoms with Crippen molar-refractivity contribution < 1.29 is 9.47 Å². The van der Waals surface area contributed by atoms with Crippen LogP contribution in [0.1, 0.15) is 11.1 Å². The predicted molar refractivity (Wildman–Crippen MR) is 93.4 cm³/mol. The summed E-state index contributed by atoms with van der Waals surface area (Å²) in [5.74, 6) is 2.62. The molecule has 3 rings (SSSR count). The quantitative estimate of drug-likeness (QED) is 0.617. The van der Waals surface area contributed by atoms with Crippen molar-refractivity contribution in [2.24, 2.45) is 0 Å². The van der Waals surface area contributed by atoms with Gasteiger partial charge in [-0.05, 0) is 60.4 Å². The first-order valence-corrected chi connectivity index (χ1v) is 7.78. The maximum atomic E-state index is 5.81. The van der Waals surface area contributed by atoms with Crippen LogP contribution in [0.5, 0.6) is 17.2 Å². The molecule has 23 heavy (non-hydrogen) atoms. The molecule has 2 nitrogen and oxygen atoms in total. The molecule has 2 heteroatoms. The average Bonchev–Trinajstić information content (AvgIpc) is 2.62. The molecule has 0 bridgehead atoms. The highest BCUT2D eigenvalue weighted by molar-refractivity contribution is 5.33. The molecule has 0 radical (unpaired) electrons. The molecular weight excluding hydrogens is 284 g/mol. The van der Waals surface area contributed by atoms with Gasteiger partial charge in [-0.15, -0.1) is 0 Å². The van der Waals surface area contributed by atoms with Crippen molar-refractivity contribution in [2.75, 3.05) is 7.11 Å². The lowest BCUT2D eigenvalue weighted by atomic mass is 10.0. The van der Waals surface area contributed by atoms with Gasteiger partial charge in [-0.2, -0.15) is 0 Å². The smallest absolute Gasteiger partial charge is 0.127 e. The van der Waals surface area contributed by atoms with Gasteiger partial charge in [0, 0.05) is 0 Å². The Morgan fingerprint density at radius 1 is 0.565 bits per heavy atom. The number of hydrogen-bond donors (Lipinski definition) is 0. The third kappa shape index (κ3) is 4.36. The lowest BCUT2D eigenvalue weighted by Gasteiger charge is -2.07. The van der Waals surface area contributed by atoms with Gasteiger partial charge in [0.2, 0.25) is 0 Å². The van der Waals surface area contributed by atoms with Crippen molar-refractivity contribution in [2.45, 2.75) is 12.8 Å². The van der Waals surface area contributed by atoms with Crippen molar-refractivity contribution >= 4 is 0 Å². The third-order valence-corrected chi connectivity index (χ3v) is 3.76. The van der Waals surface area contributed by atoms with Crippen molar-refractivity contribution in [1.82, 2.24) is 0 Å². The number of rotatable bonds is 6. The monoisotopic (exact) mass is 304 g/mol. The van der Waals surface area contributed by atoms with E-state index in [1.165, 1.54) is 11.1 Å². The van der Waals surface area contributed by atoms with E-state index in [-0.39, 0.29) is 0 Å². The number of benzene rings is 3. The number of hydrogen-bond acceptors (Lipinski definition) is 2. The van der Waals surface area contributed by atoms with Gasteiger partial charge in [0.25, 0.3) is 0 Å². The van der Waals surface area contributed by atoms with Crippen LogP contribution in [0.2, 0.25) is 0 Å². The number of methoxy groups -OCH3 is 1. The summed E-state index contributed by atoms with van der Waals surface area (Å²) in [4.78, 5) is 0. The second-order valence-electron chi connectivity index (χ2n) is 5.41. The zero-order valence-corrected chi connectivity index (χ0v) is 13.2. The van der Waals surface area contributed by atoms with E-state index >= 15 is 0 Å². The minimum atomic E-state index is 0.860. The molecule has 0 amide bonds. The molecule has 0 aliphatic heterocycles. The van der Waals surface area contributed by atoms with Crippen LogP contribution >= 0.6 is 0 Å². The molecule has 0 aliphatic carbocycles. The van der Waals surface area contributed by atoms with E-state index in [0.29, 0.717) is 0 Å². The van der Waals surface area contributed by atoms with Crippen molar-refractivity contribution in [1.29, 1.82) is 0 Å². The zero-order chi connectivity index (χ0) is 15.9. The summed E-state index contributed by atoms with van der Waals surface area (Å²) in [6.45, 7) is 0. The Kier molecular flexibility index (Phi) is 4.95. The van der Waals surface area contributed by atoms with Crippen LogP contribution in [0.4, 0.5) is 0 Å². The Hall–Kier alpha value is -2.74. The molecule has 0 N–H and O–H groups in total. The van der Waals surface area contributed by atoms with Crippen LogP contribution in [0, 0.1) is 0 Å². The number of para-hydroxylation sites is 1. The summed E-state index contributed by atoms with van der Waals surface area (Å²) in [6, 6.07) is 26.4. The molecular formula is C21H20O2. The molecule has 0 aliphatic rings. The van der Waals surface area contributed by atoms with E-state index in [0.717, 1.165) is 30.1 Å². The van der Waals surface area contributed by atoms with Crippen molar-refractivity contribution in [3.8, 4) is 17.2 Å². The minimum Gasteiger partial charge on any atom is -0.497 e. The summed E-state index contributed by atoms with van der Waals surface area (Å²) in [5, 5.41) is 0. The Balaban J connectivity index is 1.56. The minimum absolute atomic E-state index is 0.860. The third-order valence-electron chi connectivity index (χ3n) is 3.76. The predicted octanol–water partition coefficient (Wildman–Crippen LogP) is 5.27. The van der Waals surface area contributed by atoms with E-state index in [9.17, 15) is 0 Å². The highest BCUT2D eigenvalue weighted by Crippen LogP contribution is 2.21. The molecule has 0 heterocycles. The van der Waals surface area contributed by atoms with Crippen molar-refractivity contribution in [3.05, 3.63) is 90.0 Å². The molecule has 3 aromatic carbocycles. The molecule has 0 atom stereocenters. The Morgan fingerprint density at radius 2 is 1.04 bits per heavy atom. The van der Waals surface area contributed by atoms with Crippen LogP contribution in [0.25, 0.3) is 0 Å². The first kappa shape index (κ1) is 15.2. The van der Waals surface area contributed by atoms with Crippen LogP contribution in [0.15, 0.2) is 78.9 Å². The standard InChI is InChI=1S/C21H20O2/c1-22-19-13-9-17(10-14-19)7-8-18-11-15-21(16-12-18)23-20-5-3-2-4-6-20/h2-6,9-16H,7-8H2,1H3. The van der Waals surface area contributed by atoms with Gasteiger partial charge in [0.1, 0.15) is 17.2 Å². The molecule has 0 spiro atoms. The maximum Gasteiger partial charge on any atom is 0.127 e. The average molecular weight is 304 g/mol. The lowest BCUT2D eigenvalue weighted by molar-refractivity contribution is 0.414. The summed E-state index contributed by atoms with van der Waals surface area (Å²) < 4.78 is 11.0. The number of aryl methyl sites for hydroxylation is 2. The van der Waals surface area contributed by atoms with Gasteiger partial charge in [0.15, 0.2) is 0 Å². The van der Waals surface area contributed by atoms with E-state index < -0.39 is 0 Å². The highest BCUT2D eigenvalue weighted by Gasteiger charge is 2.00. The van der Waals surface area contributed by atoms with E-state index in [1.54, 1.807) is 7.11 Å². The second-order valence-corrected chi connectivity index (χ2v) is 5.41. The van der Waals surface area contributed by atoms with Crippen LogP contribution < -0.4 is 9.47 Å². The topological polar surface area (TPSA) is 18.5 Å². The van der Waals surface area contributed by atoms with E-state index in [1.807, 2.05) is 54.6 Å². The summed E-state index contributed by atoms with van der Waals surface area (Å²) >= 11 is 0. The molecule has 0 saturated carbocycles. The largest absolute Gasteiger partial charge is 0.497 e. The van der Waals surface area contributed by atoms with Gasteiger partial charge < -0.3 is 9.47 Å². The number of ether oxygens (including phenoxy) is 2. The normalized spacial score (nSPS) is 10.3. The Labute approximate surface area is 137 Å². The molecule has 0 unspecified atom stereocenters. The Morgan fingerprint density at radius 3 is 1.57 bits per heavy atom. The summed E-state index contributed by atoms with van der Waals surface area (Å²) in [7, 11) is 1.69. The summed E-state index contributed by atoms with van der Waals surface area (Å²) in [6.07, 6.45) is 2.03. The van der Waals surface area contributed by atoms with Crippen LogP contribution in [-0.4, -0.2) is 7.11 Å². The molecule has 0 saturated heterocycles. The van der Waals surface area contributed by atoms with Gasteiger partial charge >= 0.3 is 0 Å². The Bertz CT molecular complexity index is 716. The van der Waals surface area contributed by atoms with Crippen LogP contribution in [-0.2, 0) is 12.8 Å². The second kappa shape index (κ2) is 7.50. The van der Waals surface area contributed by atoms with Crippen molar-refractivity contribution in [3.63, 3.8) is 0 Å². The maximum absolute atomic E-state index is 5.81. The first-order valence-electron chi connectivity index (χ1n) is 7.78. The van der Waals surface area contributed by atoms with E-state index in [2.05, 4.69) is 24.3 Å². The zero-order valence-electron chi connectivity index (χ0n) is 13.2. The van der Waals surface area contributed by atoms with E-state index in [4.69, 9.17) is 9.47 Å². The molecule has 3 aromatic rings. The fourth-order valence-corrected chi connectivity index (χ4v) is 2.43. The van der Waals surface area contributed by atoms with Crippen LogP contribution in [0.3, 0.4) is 0 Å². The summed E-state index contributed by atoms with van der Waals surface area (Å²) in [5.41, 5.74) is 2.62. The SMILES string of the molecule is COc1ccc(CCc2ccc(Oc3ccccc3)cc2)cc1. The van der Waals surface area contributed by atoms with Gasteiger partial charge in [-0.3, -0.25) is 0 Å². The fraction of sp³-hybridized carbons (Fsp3) is 0.143. The van der Waals surface area contributed by atoms with Gasteiger partial charge in [-0.1, -0.05) is 42.5 Å². The molecule has 0 aromatic heterocycles. The highest BCUT2D eigenvalue weighted by atomic mass is 16.5. The fourth-order valence-electron chi connectivity index (χ4n) is 2.43. The first-order chi connectivity index (χ1) is 11.3. The molecule has 116 valence electrons. The van der Waals surface area contributed by atoms with Gasteiger partial charge in [0.05, 0.1) is 7.11 Å². The van der Waals surface area contributed by atoms with Gasteiger partial charge in [-0.25, -0.2) is 0 Å².